The lowest BCUT2D eigenvalue weighted by Crippen LogP contribution is -2.38. The van der Waals surface area contributed by atoms with Gasteiger partial charge in [0.2, 0.25) is 0 Å². The summed E-state index contributed by atoms with van der Waals surface area (Å²) in [5.74, 6) is -0.937. The molecule has 35 heavy (non-hydrogen) atoms. The number of aliphatic carboxylic acids is 1. The molecular weight excluding hydrogens is 463 g/mol. The lowest BCUT2D eigenvalue weighted by Gasteiger charge is -2.22. The fraction of sp³-hybridized carbons (Fsp3) is 0.280. The van der Waals surface area contributed by atoms with Crippen molar-refractivity contribution >= 4 is 11.9 Å². The van der Waals surface area contributed by atoms with E-state index in [4.69, 9.17) is 4.74 Å². The van der Waals surface area contributed by atoms with Crippen molar-refractivity contribution in [2.45, 2.75) is 39.1 Å². The first kappa shape index (κ1) is 25.7. The van der Waals surface area contributed by atoms with E-state index >= 15 is 0 Å². The van der Waals surface area contributed by atoms with E-state index in [9.17, 15) is 27.9 Å². The van der Waals surface area contributed by atoms with Crippen LogP contribution in [-0.4, -0.2) is 44.5 Å². The molecule has 7 nitrogen and oxygen atoms in total. The molecule has 10 heteroatoms. The second kappa shape index (κ2) is 9.73. The van der Waals surface area contributed by atoms with E-state index < -0.39 is 23.3 Å². The van der Waals surface area contributed by atoms with Gasteiger partial charge in [0.05, 0.1) is 5.56 Å². The average molecular weight is 487 g/mol. The van der Waals surface area contributed by atoms with Gasteiger partial charge in [-0.1, -0.05) is 18.2 Å². The Balaban J connectivity index is 1.73. The van der Waals surface area contributed by atoms with Crippen LogP contribution in [0, 0.1) is 6.92 Å². The van der Waals surface area contributed by atoms with Gasteiger partial charge in [-0.2, -0.15) is 13.2 Å². The third kappa shape index (κ3) is 6.14. The van der Waals surface area contributed by atoms with Gasteiger partial charge in [0, 0.05) is 42.2 Å². The van der Waals surface area contributed by atoms with Crippen molar-refractivity contribution < 1.29 is 32.6 Å². The van der Waals surface area contributed by atoms with Crippen molar-refractivity contribution in [2.75, 3.05) is 7.05 Å². The zero-order chi connectivity index (χ0) is 26.0. The van der Waals surface area contributed by atoms with Crippen LogP contribution in [0.4, 0.5) is 13.2 Å². The molecule has 0 fully saturated rings. The van der Waals surface area contributed by atoms with Gasteiger partial charge >= 0.3 is 12.1 Å². The summed E-state index contributed by atoms with van der Waals surface area (Å²) in [5, 5.41) is 9.24. The zero-order valence-corrected chi connectivity index (χ0v) is 19.6. The zero-order valence-electron chi connectivity index (χ0n) is 19.6. The molecule has 0 saturated carbocycles. The molecule has 0 spiro atoms. The summed E-state index contributed by atoms with van der Waals surface area (Å²) in [4.78, 5) is 34.3. The number of nitrogens with zero attached hydrogens (tertiary/aromatic N) is 3. The largest absolute Gasteiger partial charge is 0.478 e. The van der Waals surface area contributed by atoms with Crippen LogP contribution >= 0.6 is 0 Å². The molecule has 2 aromatic carbocycles. The number of ether oxygens (including phenoxy) is 1. The van der Waals surface area contributed by atoms with Crippen LogP contribution in [0.15, 0.2) is 54.7 Å². The summed E-state index contributed by atoms with van der Waals surface area (Å²) >= 11 is 0. The quantitative estimate of drug-likeness (QED) is 0.505. The maximum Gasteiger partial charge on any atom is 0.416 e. The summed E-state index contributed by atoms with van der Waals surface area (Å²) < 4.78 is 43.8. The second-order valence-electron chi connectivity index (χ2n) is 8.49. The number of hydrogen-bond acceptors (Lipinski definition) is 5. The molecule has 0 unspecified atom stereocenters. The first-order valence-corrected chi connectivity index (χ1v) is 10.6. The first-order valence-electron chi connectivity index (χ1n) is 10.6. The van der Waals surface area contributed by atoms with Gasteiger partial charge in [0.1, 0.15) is 5.75 Å². The Morgan fingerprint density at radius 1 is 1.09 bits per heavy atom. The number of alkyl halides is 3. The summed E-state index contributed by atoms with van der Waals surface area (Å²) in [6, 6.07) is 10.8. The van der Waals surface area contributed by atoms with Gasteiger partial charge in [-0.3, -0.25) is 4.79 Å². The summed E-state index contributed by atoms with van der Waals surface area (Å²) in [5.41, 5.74) is -0.220. The number of carbonyl (C=O) groups is 2. The van der Waals surface area contributed by atoms with E-state index in [1.807, 2.05) is 0 Å². The molecule has 3 aromatic rings. The third-order valence-corrected chi connectivity index (χ3v) is 5.27. The van der Waals surface area contributed by atoms with Gasteiger partial charge in [0.25, 0.3) is 5.91 Å². The van der Waals surface area contributed by atoms with Crippen molar-refractivity contribution in [1.29, 1.82) is 0 Å². The van der Waals surface area contributed by atoms with Crippen molar-refractivity contribution in [3.8, 4) is 17.1 Å². The number of rotatable bonds is 7. The first-order chi connectivity index (χ1) is 16.3. The van der Waals surface area contributed by atoms with Gasteiger partial charge in [-0.15, -0.1) is 0 Å². The van der Waals surface area contributed by atoms with Crippen LogP contribution < -0.4 is 4.74 Å². The van der Waals surface area contributed by atoms with Gasteiger partial charge in [0.15, 0.2) is 11.4 Å². The molecular formula is C25H24F3N3O4. The smallest absolute Gasteiger partial charge is 0.416 e. The van der Waals surface area contributed by atoms with Crippen LogP contribution in [0.5, 0.6) is 5.75 Å². The minimum atomic E-state index is -4.42. The van der Waals surface area contributed by atoms with Gasteiger partial charge in [-0.25, -0.2) is 14.8 Å². The number of amides is 1. The molecule has 1 aromatic heterocycles. The number of benzene rings is 2. The van der Waals surface area contributed by atoms with E-state index in [1.54, 1.807) is 32.2 Å². The topological polar surface area (TPSA) is 92.6 Å². The molecule has 1 amide bonds. The summed E-state index contributed by atoms with van der Waals surface area (Å²) in [6.07, 6.45) is -2.89. The van der Waals surface area contributed by atoms with Crippen LogP contribution in [0.3, 0.4) is 0 Å². The lowest BCUT2D eigenvalue weighted by molar-refractivity contribution is -0.152. The molecule has 1 N–H and O–H groups in total. The molecule has 0 aliphatic carbocycles. The molecule has 0 aliphatic rings. The average Bonchev–Trinajstić information content (AvgIpc) is 2.79. The normalized spacial score (nSPS) is 11.7. The predicted molar refractivity (Wildman–Crippen MR) is 122 cm³/mol. The van der Waals surface area contributed by atoms with E-state index in [-0.39, 0.29) is 24.0 Å². The van der Waals surface area contributed by atoms with Gasteiger partial charge in [-0.05, 0) is 51.1 Å². The minimum absolute atomic E-state index is 0.184. The van der Waals surface area contributed by atoms with Crippen molar-refractivity contribution in [2.24, 2.45) is 0 Å². The Kier molecular flexibility index (Phi) is 7.14. The second-order valence-corrected chi connectivity index (χ2v) is 8.49. The molecule has 0 aliphatic heterocycles. The number of aromatic nitrogens is 2. The number of aryl methyl sites for hydroxylation is 1. The number of hydrogen-bond donors (Lipinski definition) is 1. The molecule has 184 valence electrons. The molecule has 1 heterocycles. The lowest BCUT2D eigenvalue weighted by atomic mass is 10.1. The Morgan fingerprint density at radius 2 is 1.74 bits per heavy atom. The third-order valence-electron chi connectivity index (χ3n) is 5.27. The molecule has 3 rings (SSSR count). The van der Waals surface area contributed by atoms with Crippen LogP contribution in [0.2, 0.25) is 0 Å². The molecule has 0 radical (unpaired) electrons. The van der Waals surface area contributed by atoms with E-state index in [1.165, 1.54) is 43.1 Å². The van der Waals surface area contributed by atoms with Gasteiger partial charge < -0.3 is 14.7 Å². The van der Waals surface area contributed by atoms with E-state index in [2.05, 4.69) is 9.97 Å². The predicted octanol–water partition coefficient (Wildman–Crippen LogP) is 4.99. The maximum atomic E-state index is 12.9. The fourth-order valence-electron chi connectivity index (χ4n) is 3.17. The fourth-order valence-corrected chi connectivity index (χ4v) is 3.17. The number of carboxylic acids is 1. The van der Waals surface area contributed by atoms with E-state index in [0.29, 0.717) is 22.4 Å². The molecule has 0 bridgehead atoms. The Hall–Kier alpha value is -3.95. The highest BCUT2D eigenvalue weighted by Crippen LogP contribution is 2.30. The minimum Gasteiger partial charge on any atom is -0.478 e. The van der Waals surface area contributed by atoms with E-state index in [0.717, 1.165) is 12.1 Å². The Labute approximate surface area is 200 Å². The summed E-state index contributed by atoms with van der Waals surface area (Å²) in [7, 11) is 1.60. The maximum absolute atomic E-state index is 12.9. The van der Waals surface area contributed by atoms with Crippen LogP contribution in [0.1, 0.15) is 41.0 Å². The highest BCUT2D eigenvalue weighted by molar-refractivity contribution is 5.94. The summed E-state index contributed by atoms with van der Waals surface area (Å²) in [6.45, 7) is 4.73. The van der Waals surface area contributed by atoms with Crippen LogP contribution in [0.25, 0.3) is 11.4 Å². The van der Waals surface area contributed by atoms with Crippen molar-refractivity contribution in [1.82, 2.24) is 14.9 Å². The highest BCUT2D eigenvalue weighted by Gasteiger charge is 2.30. The number of carboxylic acid groups (broad SMARTS) is 1. The van der Waals surface area contributed by atoms with Crippen molar-refractivity contribution in [3.05, 3.63) is 77.1 Å². The monoisotopic (exact) mass is 487 g/mol. The Bertz CT molecular complexity index is 1240. The number of carbonyl (C=O) groups excluding carboxylic acids is 1. The van der Waals surface area contributed by atoms with Crippen LogP contribution in [-0.2, 0) is 17.5 Å². The molecule has 0 atom stereocenters. The highest BCUT2D eigenvalue weighted by atomic mass is 19.4. The van der Waals surface area contributed by atoms with Crippen molar-refractivity contribution in [3.63, 3.8) is 0 Å². The standard InChI is InChI=1S/C25H24F3N3O4/c1-15-18(13-29-21(30-15)16-8-10-19(11-9-16)25(26,27)28)14-31(4)22(32)17-6-5-7-20(12-17)35-24(2,3)23(33)34/h5-13H,14H2,1-4H3,(H,33,34). The number of halogens is 3. The SMILES string of the molecule is Cc1nc(-c2ccc(C(F)(F)F)cc2)ncc1CN(C)C(=O)c1cccc(OC(C)(C)C(=O)O)c1. The molecule has 0 saturated heterocycles. The Morgan fingerprint density at radius 3 is 2.31 bits per heavy atom.